The molecule has 1 radical (unpaired) electrons. The summed E-state index contributed by atoms with van der Waals surface area (Å²) in [6.07, 6.45) is 13.2. The van der Waals surface area contributed by atoms with Crippen molar-refractivity contribution in [1.29, 1.82) is 0 Å². The summed E-state index contributed by atoms with van der Waals surface area (Å²) in [5, 5.41) is 14.5. The molecule has 4 nitrogen and oxygen atoms in total. The SMILES string of the molecule is CC1(Cc2csc3c(-c4[c-]c5ccccc5c(C(C)(C)C)c4)ncnc23)CCCC1.CCC(CC)C(=O)/C=C(\O)C(CC)CC.[Ir]. The third-order valence-corrected chi connectivity index (χ3v) is 10.8. The molecular weight excluding hydrogens is 765 g/mol. The maximum absolute atomic E-state index is 11.7. The van der Waals surface area contributed by atoms with Gasteiger partial charge in [-0.2, -0.15) is 0 Å². The van der Waals surface area contributed by atoms with Gasteiger partial charge in [-0.1, -0.05) is 97.4 Å². The van der Waals surface area contributed by atoms with Gasteiger partial charge in [0.25, 0.3) is 0 Å². The second-order valence-electron chi connectivity index (χ2n) is 14.2. The van der Waals surface area contributed by atoms with Crippen molar-refractivity contribution in [3.8, 4) is 11.3 Å². The Hall–Kier alpha value is -2.40. The molecule has 0 aliphatic heterocycles. The van der Waals surface area contributed by atoms with Crippen LogP contribution in [0.4, 0.5) is 0 Å². The van der Waals surface area contributed by atoms with Gasteiger partial charge in [0.05, 0.1) is 11.3 Å². The molecule has 0 bridgehead atoms. The number of aliphatic hydroxyl groups is 1. The van der Waals surface area contributed by atoms with Gasteiger partial charge in [0.1, 0.15) is 6.33 Å². The van der Waals surface area contributed by atoms with E-state index >= 15 is 0 Å². The second kappa shape index (κ2) is 16.6. The van der Waals surface area contributed by atoms with E-state index in [0.29, 0.717) is 5.41 Å². The standard InChI is InChI=1S/C27H29N2S.C13H24O2.Ir/c1-26(2,3)22-14-19(13-18-9-5-6-10-21(18)22)23-25-24(29-17-28-23)20(16-30-25)15-27(4)11-7-8-12-27;1-5-10(6-2)12(14)9-13(15)11(7-3)8-4;/h5-6,9-10,14,16-17H,7-8,11-12,15H2,1-4H3;9-11,14H,5-8H2,1-4H3;/q-1;;/b;12-9-;. The molecule has 1 aliphatic rings. The average molecular weight is 818 g/mol. The van der Waals surface area contributed by atoms with Crippen molar-refractivity contribution >= 4 is 38.1 Å². The number of carbonyl (C=O) groups excluding carboxylic acids is 1. The fourth-order valence-electron chi connectivity index (χ4n) is 6.84. The topological polar surface area (TPSA) is 63.1 Å². The number of allylic oxidation sites excluding steroid dienone is 2. The van der Waals surface area contributed by atoms with Crippen LogP contribution in [0.15, 0.2) is 53.9 Å². The molecule has 4 aromatic rings. The van der Waals surface area contributed by atoms with Gasteiger partial charge in [-0.25, -0.2) is 4.98 Å². The molecule has 5 rings (SSSR count). The number of aliphatic hydroxyl groups excluding tert-OH is 1. The molecule has 251 valence electrons. The van der Waals surface area contributed by atoms with Crippen LogP contribution >= 0.6 is 11.3 Å². The van der Waals surface area contributed by atoms with Crippen molar-refractivity contribution in [1.82, 2.24) is 9.97 Å². The number of hydrogen-bond donors (Lipinski definition) is 1. The summed E-state index contributed by atoms with van der Waals surface area (Å²) in [6.45, 7) is 17.3. The number of benzene rings is 2. The minimum absolute atomic E-state index is 0. The van der Waals surface area contributed by atoms with Gasteiger partial charge in [-0.05, 0) is 66.7 Å². The van der Waals surface area contributed by atoms with Crippen LogP contribution < -0.4 is 0 Å². The Balaban J connectivity index is 0.000000309. The van der Waals surface area contributed by atoms with Crippen LogP contribution in [-0.2, 0) is 36.7 Å². The first-order valence-corrected chi connectivity index (χ1v) is 17.9. The van der Waals surface area contributed by atoms with Crippen LogP contribution in [0.1, 0.15) is 118 Å². The Morgan fingerprint density at radius 1 is 1.02 bits per heavy atom. The number of hydrogen-bond acceptors (Lipinski definition) is 5. The maximum Gasteiger partial charge on any atom is 0.162 e. The molecule has 46 heavy (non-hydrogen) atoms. The van der Waals surface area contributed by atoms with E-state index < -0.39 is 0 Å². The smallest absolute Gasteiger partial charge is 0.162 e. The molecule has 0 spiro atoms. The Kier molecular flexibility index (Phi) is 13.7. The van der Waals surface area contributed by atoms with Crippen molar-refractivity contribution in [2.75, 3.05) is 0 Å². The summed E-state index contributed by atoms with van der Waals surface area (Å²) in [7, 11) is 0. The molecule has 1 saturated carbocycles. The summed E-state index contributed by atoms with van der Waals surface area (Å²) >= 11 is 1.79. The number of thiophene rings is 1. The van der Waals surface area contributed by atoms with Gasteiger partial charge in [0.15, 0.2) is 5.78 Å². The van der Waals surface area contributed by atoms with E-state index in [9.17, 15) is 9.90 Å². The summed E-state index contributed by atoms with van der Waals surface area (Å²) in [5.41, 5.74) is 6.43. The first kappa shape index (κ1) is 38.1. The quantitative estimate of drug-likeness (QED) is 0.0984. The average Bonchev–Trinajstić information content (AvgIpc) is 3.63. The third kappa shape index (κ3) is 8.94. The van der Waals surface area contributed by atoms with E-state index in [2.05, 4.69) is 69.5 Å². The zero-order chi connectivity index (χ0) is 32.8. The van der Waals surface area contributed by atoms with Gasteiger partial charge >= 0.3 is 0 Å². The summed E-state index contributed by atoms with van der Waals surface area (Å²) in [6, 6.07) is 14.5. The molecule has 1 N–H and O–H groups in total. The fraction of sp³-hybridized carbons (Fsp3) is 0.525. The zero-order valence-electron chi connectivity index (χ0n) is 29.1. The molecule has 6 heteroatoms. The molecule has 1 fully saturated rings. The largest absolute Gasteiger partial charge is 0.512 e. The summed E-state index contributed by atoms with van der Waals surface area (Å²) < 4.78 is 1.19. The molecular formula is C40H53IrN2O2S-. The van der Waals surface area contributed by atoms with Gasteiger partial charge in [-0.3, -0.25) is 9.78 Å². The molecule has 0 amide bonds. The van der Waals surface area contributed by atoms with E-state index in [1.165, 1.54) is 53.0 Å². The van der Waals surface area contributed by atoms with Crippen molar-refractivity contribution in [3.63, 3.8) is 0 Å². The fourth-order valence-corrected chi connectivity index (χ4v) is 7.86. The van der Waals surface area contributed by atoms with Crippen LogP contribution in [-0.4, -0.2) is 20.9 Å². The minimum Gasteiger partial charge on any atom is -0.512 e. The third-order valence-electron chi connectivity index (χ3n) is 9.78. The van der Waals surface area contributed by atoms with Crippen LogP contribution in [0.2, 0.25) is 0 Å². The number of fused-ring (bicyclic) bond motifs is 2. The van der Waals surface area contributed by atoms with Crippen molar-refractivity contribution < 1.29 is 30.0 Å². The van der Waals surface area contributed by atoms with E-state index in [4.69, 9.17) is 9.97 Å². The normalized spacial score (nSPS) is 14.9. The number of rotatable bonds is 10. The van der Waals surface area contributed by atoms with Crippen LogP contribution in [0, 0.1) is 23.3 Å². The van der Waals surface area contributed by atoms with Gasteiger partial charge < -0.3 is 5.11 Å². The molecule has 2 heterocycles. The van der Waals surface area contributed by atoms with Gasteiger partial charge in [0.2, 0.25) is 0 Å². The van der Waals surface area contributed by atoms with Crippen LogP contribution in [0.3, 0.4) is 0 Å². The number of carbonyl (C=O) groups is 1. The summed E-state index contributed by atoms with van der Waals surface area (Å²) in [4.78, 5) is 21.2. The Morgan fingerprint density at radius 2 is 1.65 bits per heavy atom. The molecule has 0 unspecified atom stereocenters. The molecule has 1 aliphatic carbocycles. The molecule has 2 aromatic heterocycles. The van der Waals surface area contributed by atoms with Gasteiger partial charge in [-0.15, -0.1) is 40.5 Å². The molecule has 0 saturated heterocycles. The van der Waals surface area contributed by atoms with Crippen molar-refractivity contribution in [2.45, 2.75) is 119 Å². The number of aromatic nitrogens is 2. The number of ketones is 1. The number of nitrogens with zero attached hydrogens (tertiary/aromatic N) is 2. The molecule has 2 aromatic carbocycles. The second-order valence-corrected chi connectivity index (χ2v) is 15.1. The van der Waals surface area contributed by atoms with E-state index in [1.54, 1.807) is 17.7 Å². The first-order valence-electron chi connectivity index (χ1n) is 17.1. The molecule has 0 atom stereocenters. The zero-order valence-corrected chi connectivity index (χ0v) is 32.3. The predicted octanol–water partition coefficient (Wildman–Crippen LogP) is 11.6. The van der Waals surface area contributed by atoms with Crippen molar-refractivity contribution in [2.24, 2.45) is 17.3 Å². The van der Waals surface area contributed by atoms with Crippen LogP contribution in [0.25, 0.3) is 32.2 Å². The Bertz CT molecular complexity index is 1620. The van der Waals surface area contributed by atoms with E-state index in [-0.39, 0.29) is 48.9 Å². The van der Waals surface area contributed by atoms with Crippen LogP contribution in [0.5, 0.6) is 0 Å². The monoisotopic (exact) mass is 818 g/mol. The minimum atomic E-state index is 0. The summed E-state index contributed by atoms with van der Waals surface area (Å²) in [5.74, 6) is 0.547. The first-order chi connectivity index (χ1) is 21.4. The van der Waals surface area contributed by atoms with E-state index in [0.717, 1.165) is 54.3 Å². The predicted molar refractivity (Wildman–Crippen MR) is 192 cm³/mol. The van der Waals surface area contributed by atoms with Gasteiger partial charge in [0, 0.05) is 48.4 Å². The van der Waals surface area contributed by atoms with Crippen molar-refractivity contribution in [3.05, 3.63) is 71.1 Å². The maximum atomic E-state index is 11.7. The Morgan fingerprint density at radius 3 is 2.26 bits per heavy atom. The van der Waals surface area contributed by atoms with E-state index in [1.807, 2.05) is 27.7 Å². The Labute approximate surface area is 294 Å².